The molecule has 1 amide bonds. The van der Waals surface area contributed by atoms with Gasteiger partial charge in [0.2, 0.25) is 0 Å². The molecule has 0 fully saturated rings. The molecule has 0 aliphatic heterocycles. The molecule has 0 radical (unpaired) electrons. The summed E-state index contributed by atoms with van der Waals surface area (Å²) >= 11 is 1.19. The van der Waals surface area contributed by atoms with Crippen LogP contribution in [0.1, 0.15) is 15.6 Å². The summed E-state index contributed by atoms with van der Waals surface area (Å²) in [6, 6.07) is 10.1. The molecule has 3 N–H and O–H groups in total. The summed E-state index contributed by atoms with van der Waals surface area (Å²) in [5, 5.41) is 12.1. The van der Waals surface area contributed by atoms with Crippen molar-refractivity contribution < 1.29 is 19.1 Å². The second kappa shape index (κ2) is 6.76. The van der Waals surface area contributed by atoms with Crippen LogP contribution in [0.25, 0.3) is 21.3 Å². The van der Waals surface area contributed by atoms with Crippen molar-refractivity contribution in [3.8, 4) is 0 Å². The molecule has 9 heteroatoms. The van der Waals surface area contributed by atoms with Crippen LogP contribution in [0.4, 0.5) is 4.39 Å². The van der Waals surface area contributed by atoms with Crippen molar-refractivity contribution in [2.24, 2.45) is 0 Å². The van der Waals surface area contributed by atoms with Crippen molar-refractivity contribution in [2.75, 3.05) is 0 Å². The highest BCUT2D eigenvalue weighted by atomic mass is 32.1. The Bertz CT molecular complexity index is 1140. The molecule has 2 heterocycles. The third-order valence-electron chi connectivity index (χ3n) is 3.98. The number of rotatable bonds is 5. The number of benzene rings is 2. The Morgan fingerprint density at radius 2 is 2.00 bits per heavy atom. The lowest BCUT2D eigenvalue weighted by Gasteiger charge is -2.12. The van der Waals surface area contributed by atoms with Gasteiger partial charge in [-0.1, -0.05) is 12.1 Å². The molecular weight excluding hydrogens is 371 g/mol. The van der Waals surface area contributed by atoms with E-state index in [-0.39, 0.29) is 11.4 Å². The van der Waals surface area contributed by atoms with E-state index in [4.69, 9.17) is 0 Å². The van der Waals surface area contributed by atoms with Crippen LogP contribution < -0.4 is 5.32 Å². The molecule has 27 heavy (non-hydrogen) atoms. The van der Waals surface area contributed by atoms with Gasteiger partial charge in [0.05, 0.1) is 21.3 Å². The van der Waals surface area contributed by atoms with E-state index in [1.807, 2.05) is 18.2 Å². The molecule has 0 aliphatic carbocycles. The summed E-state index contributed by atoms with van der Waals surface area (Å²) in [6.45, 7) is 0. The normalized spacial score (nSPS) is 12.3. The van der Waals surface area contributed by atoms with Crippen LogP contribution in [-0.4, -0.2) is 38.0 Å². The Kier molecular flexibility index (Phi) is 4.28. The Morgan fingerprint density at radius 1 is 1.19 bits per heavy atom. The van der Waals surface area contributed by atoms with Gasteiger partial charge in [-0.15, -0.1) is 11.3 Å². The van der Waals surface area contributed by atoms with E-state index in [0.29, 0.717) is 22.4 Å². The summed E-state index contributed by atoms with van der Waals surface area (Å²) in [6.07, 6.45) is -0.0672. The average Bonchev–Trinajstić information content (AvgIpc) is 3.23. The third-order valence-corrected chi connectivity index (χ3v) is 5.02. The molecule has 0 saturated heterocycles. The monoisotopic (exact) mass is 384 g/mol. The molecule has 0 saturated carbocycles. The largest absolute Gasteiger partial charge is 0.480 e. The standard InChI is InChI=1S/C18H13FN4O3S/c19-9-5-6-10-12(7-9)21-15(20-10)8-13(18(25)26)22-16(24)17-23-11-3-1-2-4-14(11)27-17/h1-7,13H,8H2,(H,20,21)(H,22,24)(H,25,26)/t13-/m1/s1. The van der Waals surface area contributed by atoms with Gasteiger partial charge in [-0.2, -0.15) is 0 Å². The van der Waals surface area contributed by atoms with Crippen molar-refractivity contribution in [1.29, 1.82) is 0 Å². The van der Waals surface area contributed by atoms with Crippen LogP contribution in [0.3, 0.4) is 0 Å². The minimum atomic E-state index is -1.20. The number of carboxylic acids is 1. The van der Waals surface area contributed by atoms with Gasteiger partial charge in [-0.05, 0) is 30.3 Å². The Hall–Kier alpha value is -3.33. The number of amides is 1. The van der Waals surface area contributed by atoms with Gasteiger partial charge in [0.25, 0.3) is 5.91 Å². The van der Waals surface area contributed by atoms with E-state index in [0.717, 1.165) is 4.70 Å². The molecule has 1 atom stereocenters. The minimum Gasteiger partial charge on any atom is -0.480 e. The third kappa shape index (κ3) is 3.49. The predicted molar refractivity (Wildman–Crippen MR) is 98.3 cm³/mol. The number of nitrogens with zero attached hydrogens (tertiary/aromatic N) is 2. The number of thiazole rings is 1. The van der Waals surface area contributed by atoms with E-state index < -0.39 is 23.7 Å². The SMILES string of the molecule is O=C(N[C@H](Cc1nc2ccc(F)cc2[nH]1)C(=O)O)c1nc2ccccc2s1. The minimum absolute atomic E-state index is 0.0672. The molecular formula is C18H13FN4O3S. The van der Waals surface area contributed by atoms with Gasteiger partial charge in [0.1, 0.15) is 17.7 Å². The fraction of sp³-hybridized carbons (Fsp3) is 0.111. The molecule has 2 aromatic heterocycles. The van der Waals surface area contributed by atoms with Crippen LogP contribution in [0.2, 0.25) is 0 Å². The fourth-order valence-electron chi connectivity index (χ4n) is 2.71. The highest BCUT2D eigenvalue weighted by molar-refractivity contribution is 7.20. The van der Waals surface area contributed by atoms with Crippen molar-refractivity contribution >= 4 is 44.5 Å². The van der Waals surface area contributed by atoms with E-state index in [1.165, 1.54) is 29.5 Å². The first-order valence-electron chi connectivity index (χ1n) is 8.03. The number of imidazole rings is 1. The van der Waals surface area contributed by atoms with Crippen LogP contribution in [0, 0.1) is 5.82 Å². The predicted octanol–water partition coefficient (Wildman–Crippen LogP) is 2.74. The zero-order valence-corrected chi connectivity index (χ0v) is 14.6. The number of H-pyrrole nitrogens is 1. The molecule has 4 aromatic rings. The number of aromatic amines is 1. The molecule has 0 unspecified atom stereocenters. The second-order valence-electron chi connectivity index (χ2n) is 5.90. The Balaban J connectivity index is 1.54. The Labute approximate surface area is 155 Å². The number of carboxylic acid groups (broad SMARTS) is 1. The van der Waals surface area contributed by atoms with Gasteiger partial charge in [0, 0.05) is 6.42 Å². The number of nitrogens with one attached hydrogen (secondary N) is 2. The smallest absolute Gasteiger partial charge is 0.326 e. The summed E-state index contributed by atoms with van der Waals surface area (Å²) in [7, 11) is 0. The number of carbonyl (C=O) groups is 2. The highest BCUT2D eigenvalue weighted by Gasteiger charge is 2.24. The van der Waals surface area contributed by atoms with Crippen LogP contribution in [0.5, 0.6) is 0 Å². The second-order valence-corrected chi connectivity index (χ2v) is 6.93. The van der Waals surface area contributed by atoms with E-state index in [2.05, 4.69) is 20.3 Å². The maximum absolute atomic E-state index is 13.3. The number of aromatic nitrogens is 3. The first-order valence-corrected chi connectivity index (χ1v) is 8.84. The van der Waals surface area contributed by atoms with E-state index in [9.17, 15) is 19.1 Å². The lowest BCUT2D eigenvalue weighted by atomic mass is 10.2. The van der Waals surface area contributed by atoms with Crippen molar-refractivity contribution in [2.45, 2.75) is 12.5 Å². The lowest BCUT2D eigenvalue weighted by molar-refractivity contribution is -0.139. The van der Waals surface area contributed by atoms with E-state index in [1.54, 1.807) is 6.07 Å². The summed E-state index contributed by atoms with van der Waals surface area (Å²) in [5.41, 5.74) is 1.67. The van der Waals surface area contributed by atoms with Gasteiger partial charge in [0.15, 0.2) is 5.01 Å². The van der Waals surface area contributed by atoms with Crippen LogP contribution in [-0.2, 0) is 11.2 Å². The lowest BCUT2D eigenvalue weighted by Crippen LogP contribution is -2.42. The number of aliphatic carboxylic acids is 1. The van der Waals surface area contributed by atoms with Crippen LogP contribution in [0.15, 0.2) is 42.5 Å². The van der Waals surface area contributed by atoms with E-state index >= 15 is 0 Å². The topological polar surface area (TPSA) is 108 Å². The van der Waals surface area contributed by atoms with Crippen molar-refractivity contribution in [3.63, 3.8) is 0 Å². The maximum atomic E-state index is 13.3. The number of fused-ring (bicyclic) bond motifs is 2. The number of para-hydroxylation sites is 1. The number of halogens is 1. The van der Waals surface area contributed by atoms with Gasteiger partial charge in [-0.25, -0.2) is 19.2 Å². The van der Waals surface area contributed by atoms with Gasteiger partial charge >= 0.3 is 5.97 Å². The summed E-state index contributed by atoms with van der Waals surface area (Å²) in [5.74, 6) is -1.84. The molecule has 136 valence electrons. The number of carbonyl (C=O) groups excluding carboxylic acids is 1. The maximum Gasteiger partial charge on any atom is 0.326 e. The zero-order valence-electron chi connectivity index (χ0n) is 13.8. The molecule has 0 bridgehead atoms. The van der Waals surface area contributed by atoms with Crippen molar-refractivity contribution in [1.82, 2.24) is 20.3 Å². The number of hydrogen-bond acceptors (Lipinski definition) is 5. The molecule has 2 aromatic carbocycles. The van der Waals surface area contributed by atoms with Gasteiger partial charge < -0.3 is 15.4 Å². The zero-order chi connectivity index (χ0) is 19.0. The molecule has 4 rings (SSSR count). The van der Waals surface area contributed by atoms with Gasteiger partial charge in [-0.3, -0.25) is 4.79 Å². The highest BCUT2D eigenvalue weighted by Crippen LogP contribution is 2.21. The quantitative estimate of drug-likeness (QED) is 0.490. The Morgan fingerprint density at radius 3 is 2.78 bits per heavy atom. The molecule has 7 nitrogen and oxygen atoms in total. The fourth-order valence-corrected chi connectivity index (χ4v) is 3.58. The molecule has 0 spiro atoms. The van der Waals surface area contributed by atoms with Crippen LogP contribution >= 0.6 is 11.3 Å². The summed E-state index contributed by atoms with van der Waals surface area (Å²) in [4.78, 5) is 35.4. The van der Waals surface area contributed by atoms with Crippen molar-refractivity contribution in [3.05, 3.63) is 59.1 Å². The molecule has 0 aliphatic rings. The summed E-state index contributed by atoms with van der Waals surface area (Å²) < 4.78 is 14.1. The first-order chi connectivity index (χ1) is 13.0. The average molecular weight is 384 g/mol. The number of hydrogen-bond donors (Lipinski definition) is 3. The first kappa shape index (κ1) is 17.1.